The molecule has 0 spiro atoms. The van der Waals surface area contributed by atoms with Gasteiger partial charge in [0.25, 0.3) is 0 Å². The second kappa shape index (κ2) is 9.36. The van der Waals surface area contributed by atoms with Gasteiger partial charge in [0.05, 0.1) is 6.04 Å². The molecule has 0 aliphatic heterocycles. The molecular formula is C14H21N5O4. The third-order valence-corrected chi connectivity index (χ3v) is 3.13. The molecule has 3 amide bonds. The van der Waals surface area contributed by atoms with Crippen LogP contribution in [0.5, 0.6) is 0 Å². The lowest BCUT2D eigenvalue weighted by Gasteiger charge is -2.18. The van der Waals surface area contributed by atoms with E-state index in [1.54, 1.807) is 24.5 Å². The van der Waals surface area contributed by atoms with Gasteiger partial charge in [0.15, 0.2) is 0 Å². The van der Waals surface area contributed by atoms with Gasteiger partial charge in [0, 0.05) is 25.4 Å². The van der Waals surface area contributed by atoms with Crippen LogP contribution in [0.25, 0.3) is 0 Å². The third-order valence-electron chi connectivity index (χ3n) is 3.13. The Hall–Kier alpha value is -2.68. The predicted molar refractivity (Wildman–Crippen MR) is 82.3 cm³/mol. The second-order valence-electron chi connectivity index (χ2n) is 5.00. The maximum absolute atomic E-state index is 12.0. The summed E-state index contributed by atoms with van der Waals surface area (Å²) in [6.07, 6.45) is 3.99. The molecule has 0 saturated heterocycles. The third kappa shape index (κ3) is 7.23. The van der Waals surface area contributed by atoms with Gasteiger partial charge in [-0.3, -0.25) is 9.78 Å². The van der Waals surface area contributed by atoms with Gasteiger partial charge >= 0.3 is 12.0 Å². The monoisotopic (exact) mass is 323 g/mol. The fraction of sp³-hybridized carbons (Fsp3) is 0.429. The highest BCUT2D eigenvalue weighted by Crippen LogP contribution is 2.03. The first-order valence-corrected chi connectivity index (χ1v) is 7.11. The van der Waals surface area contributed by atoms with Crippen molar-refractivity contribution in [2.24, 2.45) is 11.5 Å². The molecule has 0 aliphatic carbocycles. The Morgan fingerprint density at radius 2 is 1.91 bits per heavy atom. The SMILES string of the molecule is NC(=O)NCCC[C@H](N)C(=O)N[C@@H](Cc1ccncc1)C(=O)O. The summed E-state index contributed by atoms with van der Waals surface area (Å²) in [6, 6.07) is 0.782. The van der Waals surface area contributed by atoms with Crippen LogP contribution >= 0.6 is 0 Å². The fourth-order valence-electron chi connectivity index (χ4n) is 1.90. The Balaban J connectivity index is 2.47. The van der Waals surface area contributed by atoms with Gasteiger partial charge in [-0.15, -0.1) is 0 Å². The van der Waals surface area contributed by atoms with Crippen LogP contribution in [0, 0.1) is 0 Å². The van der Waals surface area contributed by atoms with Crippen LogP contribution in [0.2, 0.25) is 0 Å². The number of hydrogen-bond donors (Lipinski definition) is 5. The number of nitrogens with zero attached hydrogens (tertiary/aromatic N) is 1. The number of carboxylic acid groups (broad SMARTS) is 1. The number of primary amides is 1. The summed E-state index contributed by atoms with van der Waals surface area (Å²) >= 11 is 0. The fourth-order valence-corrected chi connectivity index (χ4v) is 1.90. The topological polar surface area (TPSA) is 160 Å². The number of carboxylic acids is 1. The van der Waals surface area contributed by atoms with Crippen LogP contribution in [0.15, 0.2) is 24.5 Å². The van der Waals surface area contributed by atoms with E-state index in [9.17, 15) is 19.5 Å². The molecule has 2 atom stereocenters. The van der Waals surface area contributed by atoms with Crippen LogP contribution in [0.1, 0.15) is 18.4 Å². The molecular weight excluding hydrogens is 302 g/mol. The van der Waals surface area contributed by atoms with Crippen molar-refractivity contribution in [2.75, 3.05) is 6.54 Å². The number of amides is 3. The molecule has 0 bridgehead atoms. The van der Waals surface area contributed by atoms with Crippen molar-refractivity contribution in [3.63, 3.8) is 0 Å². The molecule has 23 heavy (non-hydrogen) atoms. The summed E-state index contributed by atoms with van der Waals surface area (Å²) in [7, 11) is 0. The first-order valence-electron chi connectivity index (χ1n) is 7.11. The molecule has 9 nitrogen and oxygen atoms in total. The van der Waals surface area contributed by atoms with Crippen LogP contribution in [-0.2, 0) is 16.0 Å². The number of carbonyl (C=O) groups is 3. The number of nitrogens with two attached hydrogens (primary N) is 2. The van der Waals surface area contributed by atoms with E-state index in [1.807, 2.05) is 0 Å². The van der Waals surface area contributed by atoms with Crippen LogP contribution in [0.3, 0.4) is 0 Å². The van der Waals surface area contributed by atoms with Gasteiger partial charge in [-0.1, -0.05) is 0 Å². The lowest BCUT2D eigenvalue weighted by molar-refractivity contribution is -0.142. The number of urea groups is 1. The Labute approximate surface area is 133 Å². The number of nitrogens with one attached hydrogen (secondary N) is 2. The Morgan fingerprint density at radius 1 is 1.26 bits per heavy atom. The van der Waals surface area contributed by atoms with E-state index in [0.29, 0.717) is 19.4 Å². The van der Waals surface area contributed by atoms with Crippen molar-refractivity contribution in [3.8, 4) is 0 Å². The summed E-state index contributed by atoms with van der Waals surface area (Å²) in [4.78, 5) is 37.6. The van der Waals surface area contributed by atoms with Gasteiger partial charge in [-0.25, -0.2) is 9.59 Å². The molecule has 0 unspecified atom stereocenters. The minimum absolute atomic E-state index is 0.138. The zero-order chi connectivity index (χ0) is 17.2. The molecule has 7 N–H and O–H groups in total. The number of hydrogen-bond acceptors (Lipinski definition) is 5. The number of aliphatic carboxylic acids is 1. The summed E-state index contributed by atoms with van der Waals surface area (Å²) in [5, 5.41) is 14.0. The summed E-state index contributed by atoms with van der Waals surface area (Å²) < 4.78 is 0. The van der Waals surface area contributed by atoms with E-state index in [4.69, 9.17) is 11.5 Å². The van der Waals surface area contributed by atoms with E-state index in [2.05, 4.69) is 15.6 Å². The highest BCUT2D eigenvalue weighted by molar-refractivity contribution is 5.86. The predicted octanol–water partition coefficient (Wildman–Crippen LogP) is -1.03. The highest BCUT2D eigenvalue weighted by Gasteiger charge is 2.23. The maximum atomic E-state index is 12.0. The van der Waals surface area contributed by atoms with Crippen LogP contribution in [0.4, 0.5) is 4.79 Å². The van der Waals surface area contributed by atoms with E-state index in [0.717, 1.165) is 5.56 Å². The summed E-state index contributed by atoms with van der Waals surface area (Å²) in [5.41, 5.74) is 11.4. The Kier molecular flexibility index (Phi) is 7.48. The molecule has 9 heteroatoms. The van der Waals surface area contributed by atoms with E-state index >= 15 is 0 Å². The average molecular weight is 323 g/mol. The van der Waals surface area contributed by atoms with Gasteiger partial charge < -0.3 is 27.2 Å². The van der Waals surface area contributed by atoms with Crippen LogP contribution < -0.4 is 22.1 Å². The molecule has 1 heterocycles. The lowest BCUT2D eigenvalue weighted by atomic mass is 10.1. The molecule has 126 valence electrons. The van der Waals surface area contributed by atoms with E-state index in [1.165, 1.54) is 0 Å². The van der Waals surface area contributed by atoms with Crippen LogP contribution in [-0.4, -0.2) is 46.6 Å². The first-order chi connectivity index (χ1) is 10.9. The molecule has 0 radical (unpaired) electrons. The average Bonchev–Trinajstić information content (AvgIpc) is 2.51. The summed E-state index contributed by atoms with van der Waals surface area (Å²) in [6.45, 7) is 0.301. The molecule has 0 aromatic carbocycles. The quantitative estimate of drug-likeness (QED) is 0.365. The van der Waals surface area contributed by atoms with E-state index in [-0.39, 0.29) is 6.42 Å². The van der Waals surface area contributed by atoms with Gasteiger partial charge in [-0.2, -0.15) is 0 Å². The first kappa shape index (κ1) is 18.4. The standard InChI is InChI=1S/C14H21N5O4/c15-10(2-1-5-18-14(16)23)12(20)19-11(13(21)22)8-9-3-6-17-7-4-9/h3-4,6-7,10-11H,1-2,5,8,15H2,(H,19,20)(H,21,22)(H3,16,18,23)/t10-,11-/m0/s1. The van der Waals surface area contributed by atoms with Gasteiger partial charge in [0.1, 0.15) is 6.04 Å². The lowest BCUT2D eigenvalue weighted by Crippen LogP contribution is -2.49. The number of rotatable bonds is 9. The molecule has 0 saturated carbocycles. The van der Waals surface area contributed by atoms with Crippen molar-refractivity contribution in [3.05, 3.63) is 30.1 Å². The molecule has 1 rings (SSSR count). The number of carbonyl (C=O) groups excluding carboxylic acids is 2. The summed E-state index contributed by atoms with van der Waals surface area (Å²) in [5.74, 6) is -1.69. The minimum Gasteiger partial charge on any atom is -0.480 e. The molecule has 1 aromatic heterocycles. The zero-order valence-corrected chi connectivity index (χ0v) is 12.6. The maximum Gasteiger partial charge on any atom is 0.326 e. The highest BCUT2D eigenvalue weighted by atomic mass is 16.4. The second-order valence-corrected chi connectivity index (χ2v) is 5.00. The zero-order valence-electron chi connectivity index (χ0n) is 12.6. The van der Waals surface area contributed by atoms with Gasteiger partial charge in [0.2, 0.25) is 5.91 Å². The van der Waals surface area contributed by atoms with Crippen molar-refractivity contribution in [1.29, 1.82) is 0 Å². The van der Waals surface area contributed by atoms with Crippen molar-refractivity contribution in [1.82, 2.24) is 15.6 Å². The molecule has 0 fully saturated rings. The van der Waals surface area contributed by atoms with Gasteiger partial charge in [-0.05, 0) is 30.5 Å². The largest absolute Gasteiger partial charge is 0.480 e. The minimum atomic E-state index is -1.14. The Morgan fingerprint density at radius 3 is 2.48 bits per heavy atom. The number of pyridine rings is 1. The molecule has 1 aromatic rings. The van der Waals surface area contributed by atoms with Crippen molar-refractivity contribution < 1.29 is 19.5 Å². The normalized spacial score (nSPS) is 12.9. The smallest absolute Gasteiger partial charge is 0.326 e. The molecule has 0 aliphatic rings. The van der Waals surface area contributed by atoms with Crippen molar-refractivity contribution >= 4 is 17.9 Å². The number of aromatic nitrogens is 1. The van der Waals surface area contributed by atoms with Crippen molar-refractivity contribution in [2.45, 2.75) is 31.3 Å². The van der Waals surface area contributed by atoms with E-state index < -0.39 is 30.0 Å². The Bertz CT molecular complexity index is 537.